The van der Waals surface area contributed by atoms with E-state index in [-0.39, 0.29) is 29.2 Å². The van der Waals surface area contributed by atoms with Gasteiger partial charge < -0.3 is 20.8 Å². The highest BCUT2D eigenvalue weighted by molar-refractivity contribution is 6.01. The van der Waals surface area contributed by atoms with Gasteiger partial charge in [0.05, 0.1) is 11.7 Å². The average molecular weight is 413 g/mol. The van der Waals surface area contributed by atoms with Crippen LogP contribution in [0.15, 0.2) is 40.5 Å². The molecule has 0 aromatic heterocycles. The highest BCUT2D eigenvalue weighted by atomic mass is 19.1. The number of ketones is 1. The van der Waals surface area contributed by atoms with Crippen LogP contribution in [0.1, 0.15) is 63.5 Å². The quantitative estimate of drug-likeness (QED) is 0.609. The van der Waals surface area contributed by atoms with E-state index < -0.39 is 11.6 Å². The van der Waals surface area contributed by atoms with E-state index in [9.17, 15) is 19.4 Å². The molecule has 2 atom stereocenters. The van der Waals surface area contributed by atoms with Gasteiger partial charge in [-0.3, -0.25) is 4.79 Å². The Morgan fingerprint density at radius 2 is 1.93 bits per heavy atom. The molecule has 4 aliphatic rings. The number of aliphatic hydroxyl groups is 2. The number of hydrogen-bond donors (Lipinski definition) is 4. The molecule has 0 amide bonds. The van der Waals surface area contributed by atoms with Crippen LogP contribution in [-0.2, 0) is 4.79 Å². The second-order valence-corrected chi connectivity index (χ2v) is 9.90. The summed E-state index contributed by atoms with van der Waals surface area (Å²) in [4.78, 5) is 18.0. The van der Waals surface area contributed by atoms with Crippen LogP contribution in [0.2, 0.25) is 0 Å². The molecule has 0 spiro atoms. The molecule has 1 aliphatic heterocycles. The topological polar surface area (TPSA) is 94.0 Å². The maximum Gasteiger partial charge on any atom is 0.196 e. The summed E-state index contributed by atoms with van der Waals surface area (Å²) in [6.45, 7) is 2.07. The van der Waals surface area contributed by atoms with Gasteiger partial charge in [0.2, 0.25) is 0 Å². The molecule has 6 nitrogen and oxygen atoms in total. The second kappa shape index (κ2) is 6.89. The number of hydrogen-bond acceptors (Lipinski definition) is 6. The minimum absolute atomic E-state index is 0.0340. The SMILES string of the molecule is C[C@@]1(CC2(O)CC2)CC(=O)C2=C(C1)NC(NC1CC(O)C1)=N[C@H]2c1ccc(F)cc1. The summed E-state index contributed by atoms with van der Waals surface area (Å²) in [6.07, 6.45) is 4.28. The molecular weight excluding hydrogens is 385 g/mol. The molecule has 0 unspecified atom stereocenters. The van der Waals surface area contributed by atoms with E-state index in [4.69, 9.17) is 4.99 Å². The molecule has 1 heterocycles. The molecule has 2 saturated carbocycles. The number of carbonyl (C=O) groups is 1. The number of aliphatic imine (C=N–C) groups is 1. The van der Waals surface area contributed by atoms with E-state index in [0.717, 1.165) is 24.1 Å². The number of benzene rings is 1. The van der Waals surface area contributed by atoms with Crippen LogP contribution in [-0.4, -0.2) is 39.7 Å². The van der Waals surface area contributed by atoms with Crippen molar-refractivity contribution in [2.45, 2.75) is 75.7 Å². The number of guanidine groups is 1. The van der Waals surface area contributed by atoms with Gasteiger partial charge in [-0.05, 0) is 61.6 Å². The van der Waals surface area contributed by atoms with Gasteiger partial charge in [0.15, 0.2) is 11.7 Å². The van der Waals surface area contributed by atoms with Crippen LogP contribution >= 0.6 is 0 Å². The van der Waals surface area contributed by atoms with Crippen LogP contribution in [0.3, 0.4) is 0 Å². The largest absolute Gasteiger partial charge is 0.393 e. The van der Waals surface area contributed by atoms with E-state index in [1.807, 2.05) is 0 Å². The second-order valence-electron chi connectivity index (χ2n) is 9.90. The lowest BCUT2D eigenvalue weighted by atomic mass is 9.68. The van der Waals surface area contributed by atoms with Crippen LogP contribution in [0.4, 0.5) is 4.39 Å². The van der Waals surface area contributed by atoms with E-state index in [1.165, 1.54) is 12.1 Å². The van der Waals surface area contributed by atoms with Gasteiger partial charge in [0.1, 0.15) is 11.9 Å². The van der Waals surface area contributed by atoms with Gasteiger partial charge in [0, 0.05) is 23.7 Å². The molecule has 1 aromatic carbocycles. The number of halogens is 1. The van der Waals surface area contributed by atoms with Gasteiger partial charge in [-0.2, -0.15) is 0 Å². The van der Waals surface area contributed by atoms with Gasteiger partial charge in [0.25, 0.3) is 0 Å². The number of carbonyl (C=O) groups excluding carboxylic acids is 1. The maximum atomic E-state index is 13.5. The van der Waals surface area contributed by atoms with Crippen molar-refractivity contribution in [1.29, 1.82) is 0 Å². The fraction of sp³-hybridized carbons (Fsp3) is 0.565. The summed E-state index contributed by atoms with van der Waals surface area (Å²) in [6, 6.07) is 5.79. The predicted molar refractivity (Wildman–Crippen MR) is 110 cm³/mol. The monoisotopic (exact) mass is 413 g/mol. The van der Waals surface area contributed by atoms with Gasteiger partial charge in [-0.1, -0.05) is 19.1 Å². The Hall–Kier alpha value is -2.25. The smallest absolute Gasteiger partial charge is 0.196 e. The predicted octanol–water partition coefficient (Wildman–Crippen LogP) is 2.48. The first-order chi connectivity index (χ1) is 14.2. The van der Waals surface area contributed by atoms with Gasteiger partial charge in [-0.25, -0.2) is 9.38 Å². The Balaban J connectivity index is 1.46. The van der Waals surface area contributed by atoms with Crippen molar-refractivity contribution < 1.29 is 19.4 Å². The normalized spacial score (nSPS) is 34.5. The number of nitrogens with zero attached hydrogens (tertiary/aromatic N) is 1. The number of nitrogens with one attached hydrogen (secondary N) is 2. The zero-order chi connectivity index (χ0) is 21.1. The van der Waals surface area contributed by atoms with Crippen LogP contribution in [0.25, 0.3) is 0 Å². The molecule has 0 radical (unpaired) electrons. The zero-order valence-corrected chi connectivity index (χ0v) is 17.1. The summed E-state index contributed by atoms with van der Waals surface area (Å²) in [5.74, 6) is 0.293. The van der Waals surface area contributed by atoms with Crippen LogP contribution in [0.5, 0.6) is 0 Å². The third-order valence-corrected chi connectivity index (χ3v) is 6.84. The van der Waals surface area contributed by atoms with E-state index in [0.29, 0.717) is 43.6 Å². The number of allylic oxidation sites excluding steroid dienone is 1. The Morgan fingerprint density at radius 3 is 2.57 bits per heavy atom. The minimum atomic E-state index is -0.630. The summed E-state index contributed by atoms with van der Waals surface area (Å²) < 4.78 is 13.5. The molecule has 0 saturated heterocycles. The molecule has 160 valence electrons. The lowest BCUT2D eigenvalue weighted by molar-refractivity contribution is -0.119. The number of Topliss-reactive ketones (excluding diaryl/α,β-unsaturated/α-hetero) is 1. The number of rotatable bonds is 4. The van der Waals surface area contributed by atoms with Crippen molar-refractivity contribution in [2.24, 2.45) is 10.4 Å². The van der Waals surface area contributed by atoms with Crippen molar-refractivity contribution in [1.82, 2.24) is 10.6 Å². The van der Waals surface area contributed by atoms with Crippen LogP contribution in [0, 0.1) is 11.2 Å². The molecule has 7 heteroatoms. The van der Waals surface area contributed by atoms with E-state index in [2.05, 4.69) is 17.6 Å². The molecule has 3 aliphatic carbocycles. The van der Waals surface area contributed by atoms with E-state index in [1.54, 1.807) is 12.1 Å². The van der Waals surface area contributed by atoms with Gasteiger partial charge in [-0.15, -0.1) is 0 Å². The lowest BCUT2D eigenvalue weighted by Gasteiger charge is -2.41. The summed E-state index contributed by atoms with van der Waals surface area (Å²) in [7, 11) is 0. The summed E-state index contributed by atoms with van der Waals surface area (Å²) in [5, 5.41) is 26.7. The summed E-state index contributed by atoms with van der Waals surface area (Å²) >= 11 is 0. The Labute approximate surface area is 175 Å². The number of aliphatic hydroxyl groups excluding tert-OH is 1. The fourth-order valence-corrected chi connectivity index (χ4v) is 5.13. The van der Waals surface area contributed by atoms with E-state index >= 15 is 0 Å². The lowest BCUT2D eigenvalue weighted by Crippen LogP contribution is -2.53. The van der Waals surface area contributed by atoms with Crippen LogP contribution < -0.4 is 10.6 Å². The summed E-state index contributed by atoms with van der Waals surface area (Å²) in [5.41, 5.74) is 1.31. The molecule has 30 heavy (non-hydrogen) atoms. The van der Waals surface area contributed by atoms with Crippen molar-refractivity contribution in [3.05, 3.63) is 46.9 Å². The van der Waals surface area contributed by atoms with Crippen molar-refractivity contribution in [2.75, 3.05) is 0 Å². The van der Waals surface area contributed by atoms with Crippen molar-refractivity contribution >= 4 is 11.7 Å². The third kappa shape index (κ3) is 3.76. The minimum Gasteiger partial charge on any atom is -0.393 e. The first-order valence-electron chi connectivity index (χ1n) is 10.8. The average Bonchev–Trinajstić information content (AvgIpc) is 3.35. The molecular formula is C23H28FN3O3. The highest BCUT2D eigenvalue weighted by Crippen LogP contribution is 2.52. The Bertz CT molecular complexity index is 932. The van der Waals surface area contributed by atoms with Gasteiger partial charge >= 0.3 is 0 Å². The molecule has 2 fully saturated rings. The Kier molecular flexibility index (Phi) is 4.52. The molecule has 0 bridgehead atoms. The zero-order valence-electron chi connectivity index (χ0n) is 17.1. The Morgan fingerprint density at radius 1 is 1.23 bits per heavy atom. The molecule has 1 aromatic rings. The highest BCUT2D eigenvalue weighted by Gasteiger charge is 2.50. The molecule has 4 N–H and O–H groups in total. The fourth-order valence-electron chi connectivity index (χ4n) is 5.13. The van der Waals surface area contributed by atoms with Crippen molar-refractivity contribution in [3.63, 3.8) is 0 Å². The first-order valence-corrected chi connectivity index (χ1v) is 10.8. The first kappa shape index (κ1) is 19.7. The third-order valence-electron chi connectivity index (χ3n) is 6.84. The van der Waals surface area contributed by atoms with Crippen molar-refractivity contribution in [3.8, 4) is 0 Å². The molecule has 5 rings (SSSR count). The maximum absolute atomic E-state index is 13.5. The standard InChI is InChI=1S/C23H28FN3O3/c1-22(12-23(30)6-7-23)10-17-19(18(29)11-22)20(13-2-4-14(24)5-3-13)27-21(26-17)25-15-8-16(28)9-15/h2-5,15-16,20,28,30H,6-12H2,1H3,(H2,25,26,27)/t15?,16?,20-,22-/m0/s1.